The molecule has 2 heterocycles. The van der Waals surface area contributed by atoms with Crippen molar-refractivity contribution < 1.29 is 4.74 Å². The van der Waals surface area contributed by atoms with Crippen LogP contribution in [0.5, 0.6) is 5.75 Å². The fourth-order valence-electron chi connectivity index (χ4n) is 4.60. The molecule has 0 N–H and O–H groups in total. The van der Waals surface area contributed by atoms with Crippen LogP contribution in [0.1, 0.15) is 23.6 Å². The first-order valence-corrected chi connectivity index (χ1v) is 12.6. The maximum atomic E-state index is 5.46. The molecule has 1 aliphatic rings. The molecule has 0 spiro atoms. The molecule has 6 rings (SSSR count). The van der Waals surface area contributed by atoms with Crippen LogP contribution in [0.4, 0.5) is 5.95 Å². The molecule has 0 amide bonds. The minimum absolute atomic E-state index is 0.0379. The highest BCUT2D eigenvalue weighted by Gasteiger charge is 2.32. The van der Waals surface area contributed by atoms with Crippen molar-refractivity contribution in [1.82, 2.24) is 9.97 Å². The smallest absolute Gasteiger partial charge is 0.247 e. The van der Waals surface area contributed by atoms with Gasteiger partial charge in [0.2, 0.25) is 5.95 Å². The topological polar surface area (TPSA) is 50.6 Å². The van der Waals surface area contributed by atoms with Crippen LogP contribution >= 0.6 is 15.9 Å². The molecule has 0 saturated carbocycles. The van der Waals surface area contributed by atoms with Crippen LogP contribution in [-0.4, -0.2) is 22.8 Å². The van der Waals surface area contributed by atoms with Crippen molar-refractivity contribution >= 4 is 38.5 Å². The first-order chi connectivity index (χ1) is 17.7. The van der Waals surface area contributed by atoms with Crippen LogP contribution < -0.4 is 9.75 Å². The Labute approximate surface area is 218 Å². The van der Waals surface area contributed by atoms with Gasteiger partial charge in [0.05, 0.1) is 30.1 Å². The molecule has 0 aliphatic carbocycles. The number of rotatable bonds is 5. The maximum absolute atomic E-state index is 5.46. The van der Waals surface area contributed by atoms with E-state index in [-0.39, 0.29) is 6.04 Å². The second kappa shape index (κ2) is 9.55. The van der Waals surface area contributed by atoms with Gasteiger partial charge in [-0.25, -0.2) is 15.0 Å². The second-order valence-corrected chi connectivity index (χ2v) is 9.57. The van der Waals surface area contributed by atoms with Crippen LogP contribution in [0, 0.1) is 0 Å². The van der Waals surface area contributed by atoms with E-state index in [1.54, 1.807) is 7.11 Å². The minimum Gasteiger partial charge on any atom is -0.497 e. The molecule has 5 nitrogen and oxygen atoms in total. The third kappa shape index (κ3) is 4.25. The van der Waals surface area contributed by atoms with Gasteiger partial charge in [0, 0.05) is 27.4 Å². The zero-order valence-corrected chi connectivity index (χ0v) is 21.3. The van der Waals surface area contributed by atoms with Crippen molar-refractivity contribution in [2.45, 2.75) is 12.5 Å². The van der Waals surface area contributed by atoms with Gasteiger partial charge in [0.15, 0.2) is 0 Å². The van der Waals surface area contributed by atoms with Crippen molar-refractivity contribution in [1.29, 1.82) is 0 Å². The number of anilines is 1. The number of nitrogens with zero attached hydrogens (tertiary/aromatic N) is 4. The Hall–Kier alpha value is -4.03. The Morgan fingerprint density at radius 1 is 0.806 bits per heavy atom. The summed E-state index contributed by atoms with van der Waals surface area (Å²) in [4.78, 5) is 10.1. The Morgan fingerprint density at radius 2 is 1.56 bits per heavy atom. The second-order valence-electron chi connectivity index (χ2n) is 8.65. The molecule has 1 aliphatic heterocycles. The first kappa shape index (κ1) is 22.4. The summed E-state index contributed by atoms with van der Waals surface area (Å²) in [6, 6.07) is 34.8. The largest absolute Gasteiger partial charge is 0.497 e. The van der Waals surface area contributed by atoms with Gasteiger partial charge in [-0.15, -0.1) is 0 Å². The summed E-state index contributed by atoms with van der Waals surface area (Å²) in [5.41, 5.74) is 5.99. The molecule has 6 heteroatoms. The van der Waals surface area contributed by atoms with E-state index in [0.717, 1.165) is 55.6 Å². The molecule has 4 aromatic carbocycles. The van der Waals surface area contributed by atoms with Crippen LogP contribution in [0.25, 0.3) is 22.2 Å². The average molecular weight is 535 g/mol. The number of hydrogen-bond donors (Lipinski definition) is 0. The van der Waals surface area contributed by atoms with Gasteiger partial charge in [-0.05, 0) is 35.9 Å². The fraction of sp³-hybridized carbons (Fsp3) is 0.100. The lowest BCUT2D eigenvalue weighted by molar-refractivity contribution is 0.414. The molecule has 0 radical (unpaired) electrons. The molecule has 36 heavy (non-hydrogen) atoms. The predicted molar refractivity (Wildman–Crippen MR) is 148 cm³/mol. The van der Waals surface area contributed by atoms with E-state index in [4.69, 9.17) is 19.8 Å². The van der Waals surface area contributed by atoms with Crippen molar-refractivity contribution in [3.05, 3.63) is 119 Å². The molecule has 5 aromatic rings. The van der Waals surface area contributed by atoms with E-state index in [1.165, 1.54) is 0 Å². The summed E-state index contributed by atoms with van der Waals surface area (Å²) in [7, 11) is 1.68. The number of para-hydroxylation sites is 1. The molecule has 176 valence electrons. The van der Waals surface area contributed by atoms with E-state index in [2.05, 4.69) is 64.5 Å². The third-order valence-corrected chi connectivity index (χ3v) is 6.94. The Morgan fingerprint density at radius 3 is 2.36 bits per heavy atom. The SMILES string of the molecule is COc1cccc(C2=NN(c3nc(-c4ccccc4)c4ccccc4n3)[C@H](c3ccc(Br)cc3)C2)c1. The van der Waals surface area contributed by atoms with Gasteiger partial charge in [-0.2, -0.15) is 5.10 Å². The van der Waals surface area contributed by atoms with Gasteiger partial charge >= 0.3 is 0 Å². The van der Waals surface area contributed by atoms with Crippen molar-refractivity contribution in [2.24, 2.45) is 5.10 Å². The van der Waals surface area contributed by atoms with Crippen LogP contribution in [-0.2, 0) is 0 Å². The summed E-state index contributed by atoms with van der Waals surface area (Å²) in [6.07, 6.45) is 0.728. The highest BCUT2D eigenvalue weighted by atomic mass is 79.9. The standard InChI is InChI=1S/C30H23BrN4O/c1-36-24-11-7-10-22(18-24)27-19-28(20-14-16-23(31)17-15-20)35(34-27)30-32-26-13-6-5-12-25(26)29(33-30)21-8-3-2-4-9-21/h2-18,28H,19H2,1H3/t28-/m0/s1. The van der Waals surface area contributed by atoms with Gasteiger partial charge in [-0.3, -0.25) is 0 Å². The maximum Gasteiger partial charge on any atom is 0.247 e. The van der Waals surface area contributed by atoms with Crippen LogP contribution in [0.3, 0.4) is 0 Å². The summed E-state index contributed by atoms with van der Waals surface area (Å²) in [5, 5.41) is 8.07. The number of hydrogen-bond acceptors (Lipinski definition) is 5. The van der Waals surface area contributed by atoms with Crippen molar-refractivity contribution in [2.75, 3.05) is 12.1 Å². The quantitative estimate of drug-likeness (QED) is 0.235. The summed E-state index contributed by atoms with van der Waals surface area (Å²) >= 11 is 3.56. The van der Waals surface area contributed by atoms with E-state index in [9.17, 15) is 0 Å². The lowest BCUT2D eigenvalue weighted by atomic mass is 9.98. The molecular weight excluding hydrogens is 512 g/mol. The Bertz CT molecular complexity index is 1570. The molecule has 1 aromatic heterocycles. The third-order valence-electron chi connectivity index (χ3n) is 6.41. The molecule has 0 fully saturated rings. The van der Waals surface area contributed by atoms with Crippen molar-refractivity contribution in [3.8, 4) is 17.0 Å². The molecule has 1 atom stereocenters. The van der Waals surface area contributed by atoms with Gasteiger partial charge in [0.1, 0.15) is 5.75 Å². The number of fused-ring (bicyclic) bond motifs is 1. The zero-order valence-electron chi connectivity index (χ0n) is 19.7. The summed E-state index contributed by atoms with van der Waals surface area (Å²) in [6.45, 7) is 0. The molecule has 0 saturated heterocycles. The summed E-state index contributed by atoms with van der Waals surface area (Å²) in [5.74, 6) is 1.39. The van der Waals surface area contributed by atoms with Gasteiger partial charge in [0.25, 0.3) is 0 Å². The number of halogens is 1. The first-order valence-electron chi connectivity index (χ1n) is 11.8. The van der Waals surface area contributed by atoms with Gasteiger partial charge in [-0.1, -0.05) is 88.7 Å². The Balaban J connectivity index is 1.52. The lowest BCUT2D eigenvalue weighted by Crippen LogP contribution is -2.21. The predicted octanol–water partition coefficient (Wildman–Crippen LogP) is 7.42. The number of aromatic nitrogens is 2. The fourth-order valence-corrected chi connectivity index (χ4v) is 4.86. The molecular formula is C30H23BrN4O. The summed E-state index contributed by atoms with van der Waals surface area (Å²) < 4.78 is 6.50. The number of benzene rings is 4. The van der Waals surface area contributed by atoms with E-state index < -0.39 is 0 Å². The van der Waals surface area contributed by atoms with Crippen molar-refractivity contribution in [3.63, 3.8) is 0 Å². The van der Waals surface area contributed by atoms with Crippen LogP contribution in [0.15, 0.2) is 113 Å². The highest BCUT2D eigenvalue weighted by Crippen LogP contribution is 2.38. The molecule has 0 unspecified atom stereocenters. The van der Waals surface area contributed by atoms with Crippen LogP contribution in [0.2, 0.25) is 0 Å². The average Bonchev–Trinajstić information content (AvgIpc) is 3.39. The normalized spacial score (nSPS) is 15.2. The van der Waals surface area contributed by atoms with Gasteiger partial charge < -0.3 is 4.74 Å². The minimum atomic E-state index is -0.0379. The molecule has 0 bridgehead atoms. The Kier molecular flexibility index (Phi) is 5.95. The highest BCUT2D eigenvalue weighted by molar-refractivity contribution is 9.10. The monoisotopic (exact) mass is 534 g/mol. The number of hydrazone groups is 1. The lowest BCUT2D eigenvalue weighted by Gasteiger charge is -2.23. The van der Waals surface area contributed by atoms with E-state index in [0.29, 0.717) is 5.95 Å². The van der Waals surface area contributed by atoms with E-state index >= 15 is 0 Å². The zero-order chi connectivity index (χ0) is 24.5. The van der Waals surface area contributed by atoms with E-state index in [1.807, 2.05) is 59.6 Å². The number of ether oxygens (including phenoxy) is 1. The number of methoxy groups -OCH3 is 1.